The molecule has 1 unspecified atom stereocenters. The van der Waals surface area contributed by atoms with Crippen molar-refractivity contribution < 1.29 is 14.6 Å². The maximum Gasteiger partial charge on any atom is 0.260 e. The van der Waals surface area contributed by atoms with Crippen LogP contribution < -0.4 is 4.74 Å². The van der Waals surface area contributed by atoms with Crippen molar-refractivity contribution in [2.75, 3.05) is 25.4 Å². The molecule has 1 aliphatic rings. The number of rotatable bonds is 6. The Morgan fingerprint density at radius 2 is 2.33 bits per heavy atom. The third-order valence-corrected chi connectivity index (χ3v) is 5.03. The molecule has 0 spiro atoms. The average molecular weight is 309 g/mol. The molecule has 0 bridgehead atoms. The van der Waals surface area contributed by atoms with E-state index in [0.29, 0.717) is 17.5 Å². The van der Waals surface area contributed by atoms with Crippen molar-refractivity contribution in [1.82, 2.24) is 4.90 Å². The van der Waals surface area contributed by atoms with Gasteiger partial charge in [-0.1, -0.05) is 6.07 Å². The van der Waals surface area contributed by atoms with Crippen molar-refractivity contribution >= 4 is 17.7 Å². The molecule has 0 aromatic heterocycles. The van der Waals surface area contributed by atoms with Gasteiger partial charge in [0, 0.05) is 18.3 Å². The second kappa shape index (κ2) is 7.59. The van der Waals surface area contributed by atoms with Gasteiger partial charge in [-0.2, -0.15) is 11.8 Å². The highest BCUT2D eigenvalue weighted by atomic mass is 32.2. The quantitative estimate of drug-likeness (QED) is 0.878. The van der Waals surface area contributed by atoms with E-state index in [0.717, 1.165) is 12.1 Å². The summed E-state index contributed by atoms with van der Waals surface area (Å²) in [6.45, 7) is 5.37. The molecule has 0 radical (unpaired) electrons. The van der Waals surface area contributed by atoms with Crippen LogP contribution in [-0.2, 0) is 4.79 Å². The fraction of sp³-hybridized carbons (Fsp3) is 0.562. The Kier molecular flexibility index (Phi) is 5.79. The van der Waals surface area contributed by atoms with Gasteiger partial charge in [0.2, 0.25) is 0 Å². The van der Waals surface area contributed by atoms with Crippen molar-refractivity contribution in [2.45, 2.75) is 31.9 Å². The molecule has 0 saturated carbocycles. The van der Waals surface area contributed by atoms with Gasteiger partial charge in [0.25, 0.3) is 5.91 Å². The number of carbonyl (C=O) groups excluding carboxylic acids is 1. The number of amides is 1. The number of carbonyl (C=O) groups is 1. The third kappa shape index (κ3) is 4.56. The number of benzene rings is 1. The number of ether oxygens (including phenoxy) is 1. The zero-order valence-electron chi connectivity index (χ0n) is 12.7. The molecule has 4 nitrogen and oxygen atoms in total. The number of phenols is 1. The number of likely N-dealkylation sites (N-methyl/N-ethyl adjacent to an activating group) is 1. The molecule has 1 aromatic carbocycles. The molecular weight excluding hydrogens is 286 g/mol. The SMILES string of the molecule is CCN(CC1CCCS1)C(=O)COc1cc(C)ccc1O. The maximum absolute atomic E-state index is 12.2. The highest BCUT2D eigenvalue weighted by Crippen LogP contribution is 2.28. The Morgan fingerprint density at radius 3 is 3.00 bits per heavy atom. The van der Waals surface area contributed by atoms with E-state index < -0.39 is 0 Å². The summed E-state index contributed by atoms with van der Waals surface area (Å²) in [4.78, 5) is 14.1. The first kappa shape index (κ1) is 16.0. The molecule has 5 heteroatoms. The summed E-state index contributed by atoms with van der Waals surface area (Å²) < 4.78 is 5.48. The van der Waals surface area contributed by atoms with Crippen LogP contribution in [0.1, 0.15) is 25.3 Å². The van der Waals surface area contributed by atoms with E-state index in [9.17, 15) is 9.90 Å². The van der Waals surface area contributed by atoms with Crippen molar-refractivity contribution in [1.29, 1.82) is 0 Å². The molecule has 116 valence electrons. The first-order valence-corrected chi connectivity index (χ1v) is 8.46. The first-order chi connectivity index (χ1) is 10.1. The average Bonchev–Trinajstić information content (AvgIpc) is 2.98. The Labute approximate surface area is 130 Å². The molecule has 1 aliphatic heterocycles. The minimum absolute atomic E-state index is 0.0223. The van der Waals surface area contributed by atoms with Gasteiger partial charge in [-0.15, -0.1) is 0 Å². The van der Waals surface area contributed by atoms with E-state index in [2.05, 4.69) is 0 Å². The Balaban J connectivity index is 1.88. The monoisotopic (exact) mass is 309 g/mol. The lowest BCUT2D eigenvalue weighted by Gasteiger charge is -2.24. The van der Waals surface area contributed by atoms with Gasteiger partial charge in [-0.25, -0.2) is 0 Å². The van der Waals surface area contributed by atoms with Crippen molar-refractivity contribution in [2.24, 2.45) is 0 Å². The van der Waals surface area contributed by atoms with Crippen LogP contribution in [0.15, 0.2) is 18.2 Å². The molecule has 2 rings (SSSR count). The molecule has 1 aromatic rings. The van der Waals surface area contributed by atoms with Crippen molar-refractivity contribution in [3.63, 3.8) is 0 Å². The van der Waals surface area contributed by atoms with E-state index in [-0.39, 0.29) is 18.3 Å². The zero-order valence-corrected chi connectivity index (χ0v) is 13.5. The lowest BCUT2D eigenvalue weighted by molar-refractivity contribution is -0.133. The lowest BCUT2D eigenvalue weighted by atomic mass is 10.2. The lowest BCUT2D eigenvalue weighted by Crippen LogP contribution is -2.38. The number of aromatic hydroxyl groups is 1. The van der Waals surface area contributed by atoms with E-state index in [4.69, 9.17) is 4.74 Å². The van der Waals surface area contributed by atoms with Gasteiger partial charge in [-0.3, -0.25) is 4.79 Å². The van der Waals surface area contributed by atoms with Crippen molar-refractivity contribution in [3.8, 4) is 11.5 Å². The summed E-state index contributed by atoms with van der Waals surface area (Å²) in [5, 5.41) is 10.3. The topological polar surface area (TPSA) is 49.8 Å². The van der Waals surface area contributed by atoms with Crippen LogP contribution in [0.3, 0.4) is 0 Å². The first-order valence-electron chi connectivity index (χ1n) is 7.42. The highest BCUT2D eigenvalue weighted by molar-refractivity contribution is 8.00. The van der Waals surface area contributed by atoms with Gasteiger partial charge in [0.1, 0.15) is 0 Å². The maximum atomic E-state index is 12.2. The minimum atomic E-state index is -0.0256. The van der Waals surface area contributed by atoms with Crippen molar-refractivity contribution in [3.05, 3.63) is 23.8 Å². The minimum Gasteiger partial charge on any atom is -0.504 e. The number of hydrogen-bond donors (Lipinski definition) is 1. The van der Waals surface area contributed by atoms with E-state index in [1.54, 1.807) is 18.2 Å². The van der Waals surface area contributed by atoms with E-state index in [1.807, 2.05) is 30.5 Å². The summed E-state index contributed by atoms with van der Waals surface area (Å²) in [5.74, 6) is 1.62. The second-order valence-electron chi connectivity index (χ2n) is 5.33. The zero-order chi connectivity index (χ0) is 15.2. The van der Waals surface area contributed by atoms with Crippen LogP contribution in [-0.4, -0.2) is 46.6 Å². The summed E-state index contributed by atoms with van der Waals surface area (Å²) in [6, 6.07) is 5.13. The van der Waals surface area contributed by atoms with E-state index in [1.165, 1.54) is 18.6 Å². The summed E-state index contributed by atoms with van der Waals surface area (Å²) in [5.41, 5.74) is 0.991. The van der Waals surface area contributed by atoms with Gasteiger partial charge in [0.05, 0.1) is 0 Å². The Hall–Kier alpha value is -1.36. The number of nitrogens with zero attached hydrogens (tertiary/aromatic N) is 1. The van der Waals surface area contributed by atoms with Gasteiger partial charge in [0.15, 0.2) is 18.1 Å². The molecule has 1 fully saturated rings. The van der Waals surface area contributed by atoms with Crippen LogP contribution in [0.4, 0.5) is 0 Å². The number of hydrogen-bond acceptors (Lipinski definition) is 4. The fourth-order valence-electron chi connectivity index (χ4n) is 2.41. The summed E-state index contributed by atoms with van der Waals surface area (Å²) >= 11 is 1.95. The third-order valence-electron chi connectivity index (χ3n) is 3.65. The normalized spacial score (nSPS) is 17.7. The number of phenolic OH excluding ortho intramolecular Hbond substituents is 1. The molecule has 21 heavy (non-hydrogen) atoms. The van der Waals surface area contributed by atoms with Crippen LogP contribution >= 0.6 is 11.8 Å². The van der Waals surface area contributed by atoms with Crippen LogP contribution in [0.25, 0.3) is 0 Å². The van der Waals surface area contributed by atoms with Gasteiger partial charge < -0.3 is 14.7 Å². The highest BCUT2D eigenvalue weighted by Gasteiger charge is 2.21. The number of thioether (sulfide) groups is 1. The van der Waals surface area contributed by atoms with Crippen LogP contribution in [0, 0.1) is 6.92 Å². The van der Waals surface area contributed by atoms with Crippen LogP contribution in [0.5, 0.6) is 11.5 Å². The number of aryl methyl sites for hydroxylation is 1. The predicted molar refractivity (Wildman–Crippen MR) is 86.1 cm³/mol. The molecule has 1 saturated heterocycles. The smallest absolute Gasteiger partial charge is 0.260 e. The molecule has 1 heterocycles. The molecular formula is C16H23NO3S. The predicted octanol–water partition coefficient (Wildman–Crippen LogP) is 2.82. The Bertz CT molecular complexity index is 486. The standard InChI is InChI=1S/C16H23NO3S/c1-3-17(10-13-5-4-8-21-13)16(19)11-20-15-9-12(2)6-7-14(15)18/h6-7,9,13,18H,3-5,8,10-11H2,1-2H3. The molecule has 1 amide bonds. The second-order valence-corrected chi connectivity index (χ2v) is 6.74. The van der Waals surface area contributed by atoms with Gasteiger partial charge in [-0.05, 0) is 50.1 Å². The van der Waals surface area contributed by atoms with E-state index >= 15 is 0 Å². The molecule has 1 atom stereocenters. The molecule has 1 N–H and O–H groups in total. The summed E-state index contributed by atoms with van der Waals surface area (Å²) in [6.07, 6.45) is 2.43. The molecule has 0 aliphatic carbocycles. The fourth-order valence-corrected chi connectivity index (χ4v) is 3.69. The van der Waals surface area contributed by atoms with Crippen LogP contribution in [0.2, 0.25) is 0 Å². The summed E-state index contributed by atoms with van der Waals surface area (Å²) in [7, 11) is 0. The van der Waals surface area contributed by atoms with Gasteiger partial charge >= 0.3 is 0 Å². The largest absolute Gasteiger partial charge is 0.504 e. The Morgan fingerprint density at radius 1 is 1.52 bits per heavy atom.